The summed E-state index contributed by atoms with van der Waals surface area (Å²) in [5, 5.41) is 0. The van der Waals surface area contributed by atoms with Crippen LogP contribution >= 0.6 is 0 Å². The lowest BCUT2D eigenvalue weighted by atomic mass is 10.0. The molecule has 3 aromatic rings. The van der Waals surface area contributed by atoms with Crippen LogP contribution in [0.3, 0.4) is 0 Å². The van der Waals surface area contributed by atoms with Crippen LogP contribution in [0.5, 0.6) is 0 Å². The van der Waals surface area contributed by atoms with Gasteiger partial charge in [0.2, 0.25) is 0 Å². The van der Waals surface area contributed by atoms with Gasteiger partial charge >= 0.3 is 0 Å². The second-order valence-corrected chi connectivity index (χ2v) is 6.95. The summed E-state index contributed by atoms with van der Waals surface area (Å²) in [6.07, 6.45) is 7.88. The predicted molar refractivity (Wildman–Crippen MR) is 103 cm³/mol. The molecular formula is C22H22N4O. The molecule has 1 aliphatic heterocycles. The second kappa shape index (κ2) is 7.66. The van der Waals surface area contributed by atoms with Crippen molar-refractivity contribution in [1.29, 1.82) is 0 Å². The maximum Gasteiger partial charge on any atom is 0.274 e. The van der Waals surface area contributed by atoms with Gasteiger partial charge in [0.15, 0.2) is 0 Å². The number of rotatable bonds is 4. The first-order valence-corrected chi connectivity index (χ1v) is 9.29. The zero-order valence-corrected chi connectivity index (χ0v) is 15.4. The molecular weight excluding hydrogens is 336 g/mol. The standard InChI is InChI=1S/C22H22N4O/c1-16-13-24-20(15-23-16)22(27)26-11-5-8-21(26)19-10-9-18(14-25-19)12-17-6-3-2-4-7-17/h2-4,6-7,9-10,13-15,21H,5,8,11-12H2,1H3. The van der Waals surface area contributed by atoms with Gasteiger partial charge in [-0.15, -0.1) is 0 Å². The Labute approximate surface area is 159 Å². The highest BCUT2D eigenvalue weighted by molar-refractivity contribution is 5.92. The van der Waals surface area contributed by atoms with Crippen LogP contribution in [-0.4, -0.2) is 32.3 Å². The zero-order chi connectivity index (χ0) is 18.6. The van der Waals surface area contributed by atoms with E-state index in [-0.39, 0.29) is 11.9 Å². The molecule has 1 aromatic carbocycles. The minimum Gasteiger partial charge on any atom is -0.329 e. The highest BCUT2D eigenvalue weighted by Crippen LogP contribution is 2.32. The molecule has 5 nitrogen and oxygen atoms in total. The molecule has 3 heterocycles. The summed E-state index contributed by atoms with van der Waals surface area (Å²) in [7, 11) is 0. The minimum atomic E-state index is -0.0693. The van der Waals surface area contributed by atoms with Crippen molar-refractivity contribution in [2.75, 3.05) is 6.54 Å². The molecule has 0 radical (unpaired) electrons. The Bertz CT molecular complexity index is 907. The number of amides is 1. The van der Waals surface area contributed by atoms with E-state index in [1.54, 1.807) is 12.4 Å². The van der Waals surface area contributed by atoms with E-state index < -0.39 is 0 Å². The van der Waals surface area contributed by atoms with Gasteiger partial charge in [-0.25, -0.2) is 4.98 Å². The first-order valence-electron chi connectivity index (χ1n) is 9.29. The van der Waals surface area contributed by atoms with Gasteiger partial charge in [-0.05, 0) is 43.4 Å². The van der Waals surface area contributed by atoms with E-state index in [0.29, 0.717) is 5.69 Å². The van der Waals surface area contributed by atoms with E-state index in [0.717, 1.165) is 37.2 Å². The number of pyridine rings is 1. The molecule has 136 valence electrons. The molecule has 4 rings (SSSR count). The second-order valence-electron chi connectivity index (χ2n) is 6.95. The molecule has 0 bridgehead atoms. The van der Waals surface area contributed by atoms with Crippen LogP contribution in [0.15, 0.2) is 61.1 Å². The highest BCUT2D eigenvalue weighted by atomic mass is 16.2. The van der Waals surface area contributed by atoms with Crippen molar-refractivity contribution in [3.05, 3.63) is 89.3 Å². The lowest BCUT2D eigenvalue weighted by Crippen LogP contribution is -2.31. The number of nitrogens with zero attached hydrogens (tertiary/aromatic N) is 4. The molecule has 1 unspecified atom stereocenters. The van der Waals surface area contributed by atoms with Crippen molar-refractivity contribution in [1.82, 2.24) is 19.9 Å². The van der Waals surface area contributed by atoms with Crippen LogP contribution in [-0.2, 0) is 6.42 Å². The number of benzene rings is 1. The maximum absolute atomic E-state index is 12.8. The van der Waals surface area contributed by atoms with Crippen molar-refractivity contribution < 1.29 is 4.79 Å². The van der Waals surface area contributed by atoms with Gasteiger partial charge < -0.3 is 4.90 Å². The maximum atomic E-state index is 12.8. The van der Waals surface area contributed by atoms with Gasteiger partial charge in [-0.2, -0.15) is 0 Å². The van der Waals surface area contributed by atoms with Crippen molar-refractivity contribution in [3.8, 4) is 0 Å². The van der Waals surface area contributed by atoms with Gasteiger partial charge in [0.1, 0.15) is 5.69 Å². The number of hydrogen-bond donors (Lipinski definition) is 0. The van der Waals surface area contributed by atoms with Crippen molar-refractivity contribution in [2.45, 2.75) is 32.2 Å². The van der Waals surface area contributed by atoms with Crippen LogP contribution < -0.4 is 0 Å². The normalized spacial score (nSPS) is 16.5. The summed E-state index contributed by atoms with van der Waals surface area (Å²) in [6.45, 7) is 2.59. The smallest absolute Gasteiger partial charge is 0.274 e. The summed E-state index contributed by atoms with van der Waals surface area (Å²) >= 11 is 0. The highest BCUT2D eigenvalue weighted by Gasteiger charge is 2.32. The molecule has 1 fully saturated rings. The molecule has 27 heavy (non-hydrogen) atoms. The summed E-state index contributed by atoms with van der Waals surface area (Å²) in [6, 6.07) is 14.5. The molecule has 1 saturated heterocycles. The molecule has 1 atom stereocenters. The topological polar surface area (TPSA) is 59.0 Å². The van der Waals surface area contributed by atoms with E-state index in [1.807, 2.05) is 36.2 Å². The quantitative estimate of drug-likeness (QED) is 0.713. The first-order chi connectivity index (χ1) is 13.2. The van der Waals surface area contributed by atoms with E-state index in [4.69, 9.17) is 0 Å². The third-order valence-corrected chi connectivity index (χ3v) is 4.95. The molecule has 2 aromatic heterocycles. The van der Waals surface area contributed by atoms with Gasteiger partial charge in [0.25, 0.3) is 5.91 Å². The summed E-state index contributed by atoms with van der Waals surface area (Å²) < 4.78 is 0. The van der Waals surface area contributed by atoms with Crippen LogP contribution in [0.25, 0.3) is 0 Å². The van der Waals surface area contributed by atoms with Crippen molar-refractivity contribution in [3.63, 3.8) is 0 Å². The monoisotopic (exact) mass is 358 g/mol. The fourth-order valence-electron chi connectivity index (χ4n) is 3.54. The van der Waals surface area contributed by atoms with Gasteiger partial charge in [0, 0.05) is 18.9 Å². The summed E-state index contributed by atoms with van der Waals surface area (Å²) in [5.41, 5.74) is 4.58. The fourth-order valence-corrected chi connectivity index (χ4v) is 3.54. The number of likely N-dealkylation sites (tertiary alicyclic amines) is 1. The van der Waals surface area contributed by atoms with Crippen LogP contribution in [0.2, 0.25) is 0 Å². The molecule has 1 aliphatic rings. The van der Waals surface area contributed by atoms with Crippen molar-refractivity contribution >= 4 is 5.91 Å². The summed E-state index contributed by atoms with van der Waals surface area (Å²) in [4.78, 5) is 27.8. The molecule has 5 heteroatoms. The lowest BCUT2D eigenvalue weighted by molar-refractivity contribution is 0.0726. The van der Waals surface area contributed by atoms with Gasteiger partial charge in [-0.3, -0.25) is 14.8 Å². The van der Waals surface area contributed by atoms with Crippen molar-refractivity contribution in [2.24, 2.45) is 0 Å². The van der Waals surface area contributed by atoms with E-state index in [2.05, 4.69) is 39.2 Å². The predicted octanol–water partition coefficient (Wildman–Crippen LogP) is 3.75. The molecule has 0 saturated carbocycles. The Morgan fingerprint density at radius 3 is 2.56 bits per heavy atom. The van der Waals surface area contributed by atoms with Crippen LogP contribution in [0.4, 0.5) is 0 Å². The fraction of sp³-hybridized carbons (Fsp3) is 0.273. The Hall–Kier alpha value is -3.08. The number of carbonyl (C=O) groups is 1. The van der Waals surface area contributed by atoms with Gasteiger partial charge in [0.05, 0.1) is 23.6 Å². The summed E-state index contributed by atoms with van der Waals surface area (Å²) in [5.74, 6) is -0.0693. The Morgan fingerprint density at radius 1 is 1.00 bits per heavy atom. The Morgan fingerprint density at radius 2 is 1.85 bits per heavy atom. The number of aromatic nitrogens is 3. The molecule has 1 amide bonds. The number of hydrogen-bond acceptors (Lipinski definition) is 4. The lowest BCUT2D eigenvalue weighted by Gasteiger charge is -2.24. The number of aryl methyl sites for hydroxylation is 1. The third-order valence-electron chi connectivity index (χ3n) is 4.95. The molecule has 0 N–H and O–H groups in total. The first kappa shape index (κ1) is 17.3. The van der Waals surface area contributed by atoms with Crippen LogP contribution in [0, 0.1) is 6.92 Å². The van der Waals surface area contributed by atoms with E-state index in [1.165, 1.54) is 11.1 Å². The average Bonchev–Trinajstić information content (AvgIpc) is 3.19. The zero-order valence-electron chi connectivity index (χ0n) is 15.4. The third kappa shape index (κ3) is 3.87. The van der Waals surface area contributed by atoms with Gasteiger partial charge in [-0.1, -0.05) is 36.4 Å². The average molecular weight is 358 g/mol. The molecule has 0 spiro atoms. The Balaban J connectivity index is 1.50. The minimum absolute atomic E-state index is 0.00591. The number of carbonyl (C=O) groups excluding carboxylic acids is 1. The Kier molecular flexibility index (Phi) is 4.92. The largest absolute Gasteiger partial charge is 0.329 e. The van der Waals surface area contributed by atoms with E-state index >= 15 is 0 Å². The van der Waals surface area contributed by atoms with E-state index in [9.17, 15) is 4.79 Å². The molecule has 0 aliphatic carbocycles. The van der Waals surface area contributed by atoms with Crippen LogP contribution in [0.1, 0.15) is 51.9 Å². The SMILES string of the molecule is Cc1cnc(C(=O)N2CCCC2c2ccc(Cc3ccccc3)cn2)cn1.